The topological polar surface area (TPSA) is 35.6 Å². The highest BCUT2D eigenvalue weighted by Gasteiger charge is 2.05. The number of aromatic nitrogens is 4. The van der Waals surface area contributed by atoms with Gasteiger partial charge in [-0.05, 0) is 24.1 Å². The van der Waals surface area contributed by atoms with Crippen molar-refractivity contribution in [2.75, 3.05) is 0 Å². The van der Waals surface area contributed by atoms with Crippen molar-refractivity contribution in [3.63, 3.8) is 0 Å². The zero-order valence-electron chi connectivity index (χ0n) is 12.9. The van der Waals surface area contributed by atoms with Gasteiger partial charge >= 0.3 is 0 Å². The average Bonchev–Trinajstić information content (AvgIpc) is 3.17. The molecule has 116 valence electrons. The first-order valence-corrected chi connectivity index (χ1v) is 7.42. The second-order valence-electron chi connectivity index (χ2n) is 5.12. The monoisotopic (exact) mass is 316 g/mol. The van der Waals surface area contributed by atoms with Crippen molar-refractivity contribution >= 4 is 12.4 Å². The van der Waals surface area contributed by atoms with E-state index in [1.165, 1.54) is 5.56 Å². The predicted octanol–water partition coefficient (Wildman–Crippen LogP) is 3.66. The van der Waals surface area contributed by atoms with Crippen LogP contribution in [0.5, 0.6) is 0 Å². The van der Waals surface area contributed by atoms with E-state index in [0.717, 1.165) is 36.6 Å². The summed E-state index contributed by atoms with van der Waals surface area (Å²) < 4.78 is 4.23. The van der Waals surface area contributed by atoms with Crippen LogP contribution < -0.4 is 0 Å². The molecule has 5 heteroatoms. The molecule has 0 radical (unpaired) electrons. The van der Waals surface area contributed by atoms with Gasteiger partial charge in [0, 0.05) is 30.7 Å². The van der Waals surface area contributed by atoms with E-state index in [1.54, 1.807) is 0 Å². The molecule has 0 saturated heterocycles. The van der Waals surface area contributed by atoms with Crippen molar-refractivity contribution in [1.29, 1.82) is 0 Å². The fourth-order valence-electron chi connectivity index (χ4n) is 2.50. The molecule has 4 nitrogen and oxygen atoms in total. The number of rotatable bonds is 5. The largest absolute Gasteiger partial charge is 0.329 e. The van der Waals surface area contributed by atoms with Gasteiger partial charge in [0.1, 0.15) is 5.82 Å². The summed E-state index contributed by atoms with van der Waals surface area (Å²) in [6.07, 6.45) is 9.81. The molecule has 1 aromatic carbocycles. The first-order valence-electron chi connectivity index (χ1n) is 7.42. The Hall–Kier alpha value is -2.07. The Morgan fingerprint density at radius 3 is 2.73 bits per heavy atom. The van der Waals surface area contributed by atoms with Crippen molar-refractivity contribution in [2.45, 2.75) is 33.2 Å². The molecule has 2 aromatic heterocycles. The van der Waals surface area contributed by atoms with E-state index in [1.807, 2.05) is 18.7 Å². The lowest BCUT2D eigenvalue weighted by Gasteiger charge is -2.05. The van der Waals surface area contributed by atoms with E-state index in [9.17, 15) is 0 Å². The predicted molar refractivity (Wildman–Crippen MR) is 90.9 cm³/mol. The Kier molecular flexibility index (Phi) is 5.39. The number of imidazole rings is 2. The molecule has 0 fully saturated rings. The van der Waals surface area contributed by atoms with Crippen molar-refractivity contribution < 1.29 is 0 Å². The van der Waals surface area contributed by atoms with Gasteiger partial charge in [-0.2, -0.15) is 0 Å². The Morgan fingerprint density at radius 1 is 1.09 bits per heavy atom. The van der Waals surface area contributed by atoms with E-state index in [-0.39, 0.29) is 12.4 Å². The summed E-state index contributed by atoms with van der Waals surface area (Å²) in [5.41, 5.74) is 3.55. The van der Waals surface area contributed by atoms with Crippen molar-refractivity contribution in [1.82, 2.24) is 19.1 Å². The molecule has 0 aliphatic rings. The maximum atomic E-state index is 4.51. The minimum absolute atomic E-state index is 0. The highest BCUT2D eigenvalue weighted by atomic mass is 35.5. The van der Waals surface area contributed by atoms with Crippen LogP contribution in [0.3, 0.4) is 0 Å². The molecule has 0 amide bonds. The quantitative estimate of drug-likeness (QED) is 0.720. The van der Waals surface area contributed by atoms with Crippen molar-refractivity contribution in [3.05, 3.63) is 66.3 Å². The van der Waals surface area contributed by atoms with Gasteiger partial charge in [-0.15, -0.1) is 12.4 Å². The van der Waals surface area contributed by atoms with Gasteiger partial charge in [0.05, 0.1) is 18.6 Å². The number of hydrogen-bond acceptors (Lipinski definition) is 2. The van der Waals surface area contributed by atoms with Crippen LogP contribution in [-0.4, -0.2) is 19.1 Å². The Bertz CT molecular complexity index is 730. The maximum absolute atomic E-state index is 4.51. The number of nitrogens with zero attached hydrogens (tertiary/aromatic N) is 4. The van der Waals surface area contributed by atoms with Gasteiger partial charge in [0.15, 0.2) is 0 Å². The second-order valence-corrected chi connectivity index (χ2v) is 5.12. The summed E-state index contributed by atoms with van der Waals surface area (Å²) in [6, 6.07) is 8.57. The van der Waals surface area contributed by atoms with E-state index in [2.05, 4.69) is 63.4 Å². The van der Waals surface area contributed by atoms with Crippen LogP contribution in [0.2, 0.25) is 0 Å². The third-order valence-corrected chi connectivity index (χ3v) is 3.70. The zero-order valence-corrected chi connectivity index (χ0v) is 13.8. The first-order chi connectivity index (χ1) is 10.3. The van der Waals surface area contributed by atoms with Crippen LogP contribution in [0.15, 0.2) is 49.2 Å². The molecule has 3 rings (SSSR count). The van der Waals surface area contributed by atoms with Gasteiger partial charge in [-0.3, -0.25) is 0 Å². The molecule has 0 bridgehead atoms. The average molecular weight is 317 g/mol. The molecule has 0 unspecified atom stereocenters. The highest BCUT2D eigenvalue weighted by Crippen LogP contribution is 2.13. The van der Waals surface area contributed by atoms with Crippen LogP contribution in [0.1, 0.15) is 30.9 Å². The SMILES string of the molecule is CCc1cccc(-n2cnc(Cn3ccnc3CC)c2)c1.Cl. The highest BCUT2D eigenvalue weighted by molar-refractivity contribution is 5.85. The van der Waals surface area contributed by atoms with Crippen LogP contribution in [0.25, 0.3) is 5.69 Å². The lowest BCUT2D eigenvalue weighted by molar-refractivity contribution is 0.719. The third-order valence-electron chi connectivity index (χ3n) is 3.70. The van der Waals surface area contributed by atoms with Gasteiger partial charge in [-0.25, -0.2) is 9.97 Å². The normalized spacial score (nSPS) is 10.5. The molecule has 0 aliphatic heterocycles. The summed E-state index contributed by atoms with van der Waals surface area (Å²) in [7, 11) is 0. The minimum atomic E-state index is 0. The smallest absolute Gasteiger partial charge is 0.108 e. The Morgan fingerprint density at radius 2 is 1.95 bits per heavy atom. The molecule has 0 atom stereocenters. The fraction of sp³-hybridized carbons (Fsp3) is 0.294. The Balaban J connectivity index is 0.00000176. The van der Waals surface area contributed by atoms with E-state index < -0.39 is 0 Å². The Labute approximate surface area is 137 Å². The fourth-order valence-corrected chi connectivity index (χ4v) is 2.50. The van der Waals surface area contributed by atoms with Crippen LogP contribution in [0, 0.1) is 0 Å². The maximum Gasteiger partial charge on any atom is 0.108 e. The standard InChI is InChI=1S/C17H20N4.ClH/c1-3-14-6-5-7-16(10-14)21-12-15(19-13-21)11-20-9-8-18-17(20)4-2;/h5-10,12-13H,3-4,11H2,1-2H3;1H. The van der Waals surface area contributed by atoms with E-state index in [0.29, 0.717) is 0 Å². The lowest BCUT2D eigenvalue weighted by atomic mass is 10.1. The molecule has 0 spiro atoms. The number of halogens is 1. The number of aryl methyl sites for hydroxylation is 2. The first kappa shape index (κ1) is 16.3. The van der Waals surface area contributed by atoms with Gasteiger partial charge in [-0.1, -0.05) is 26.0 Å². The number of benzene rings is 1. The second kappa shape index (κ2) is 7.27. The van der Waals surface area contributed by atoms with Crippen molar-refractivity contribution in [3.8, 4) is 5.69 Å². The van der Waals surface area contributed by atoms with Crippen LogP contribution in [0.4, 0.5) is 0 Å². The van der Waals surface area contributed by atoms with E-state index >= 15 is 0 Å². The minimum Gasteiger partial charge on any atom is -0.329 e. The molecule has 3 aromatic rings. The van der Waals surface area contributed by atoms with Gasteiger partial charge in [0.25, 0.3) is 0 Å². The van der Waals surface area contributed by atoms with Crippen molar-refractivity contribution in [2.24, 2.45) is 0 Å². The summed E-state index contributed by atoms with van der Waals surface area (Å²) in [5.74, 6) is 1.09. The third kappa shape index (κ3) is 3.39. The molecular formula is C17H21ClN4. The van der Waals surface area contributed by atoms with Gasteiger partial charge < -0.3 is 9.13 Å². The number of hydrogen-bond donors (Lipinski definition) is 0. The molecule has 2 heterocycles. The zero-order chi connectivity index (χ0) is 14.7. The summed E-state index contributed by atoms with van der Waals surface area (Å²) in [5, 5.41) is 0. The lowest BCUT2D eigenvalue weighted by Crippen LogP contribution is -2.03. The molecule has 0 N–H and O–H groups in total. The molecule has 0 aliphatic carbocycles. The summed E-state index contributed by atoms with van der Waals surface area (Å²) in [4.78, 5) is 8.86. The van der Waals surface area contributed by atoms with E-state index in [4.69, 9.17) is 0 Å². The van der Waals surface area contributed by atoms with Gasteiger partial charge in [0.2, 0.25) is 0 Å². The van der Waals surface area contributed by atoms with Crippen LogP contribution >= 0.6 is 12.4 Å². The summed E-state index contributed by atoms with van der Waals surface area (Å²) >= 11 is 0. The molecule has 22 heavy (non-hydrogen) atoms. The summed E-state index contributed by atoms with van der Waals surface area (Å²) in [6.45, 7) is 5.06. The van der Waals surface area contributed by atoms with Crippen LogP contribution in [-0.2, 0) is 19.4 Å². The molecular weight excluding hydrogens is 296 g/mol. The molecule has 0 saturated carbocycles.